The fraction of sp³-hybridized carbons (Fsp3) is 0.154. The zero-order valence-corrected chi connectivity index (χ0v) is 11.3. The number of fused-ring (bicyclic) bond motifs is 1. The second kappa shape index (κ2) is 6.09. The van der Waals surface area contributed by atoms with E-state index in [-0.39, 0.29) is 10.7 Å². The monoisotopic (exact) mass is 314 g/mol. The number of alkyl halides is 3. The number of nitrogens with zero attached hydrogens (tertiary/aromatic N) is 2. The standard InChI is InChI=1S/C13H10ClF3N4/c14-12-2-1-10-11(21-12)3-8(6-20-10)9(4-18)5-19-7-13(15,16)17/h1-6,18-19H,7H2/b9-5+,18-4?. The van der Waals surface area contributed by atoms with Gasteiger partial charge in [-0.1, -0.05) is 11.6 Å². The summed E-state index contributed by atoms with van der Waals surface area (Å²) in [5.74, 6) is 0. The molecule has 2 aromatic heterocycles. The highest BCUT2D eigenvalue weighted by molar-refractivity contribution is 6.29. The van der Waals surface area contributed by atoms with Gasteiger partial charge in [-0.3, -0.25) is 4.98 Å². The van der Waals surface area contributed by atoms with Gasteiger partial charge in [0, 0.05) is 29.7 Å². The van der Waals surface area contributed by atoms with Crippen LogP contribution in [0.2, 0.25) is 5.15 Å². The second-order valence-electron chi connectivity index (χ2n) is 4.14. The van der Waals surface area contributed by atoms with Crippen molar-refractivity contribution in [1.82, 2.24) is 15.3 Å². The van der Waals surface area contributed by atoms with E-state index >= 15 is 0 Å². The van der Waals surface area contributed by atoms with Crippen LogP contribution in [0.1, 0.15) is 5.56 Å². The van der Waals surface area contributed by atoms with Crippen LogP contribution in [0.3, 0.4) is 0 Å². The Morgan fingerprint density at radius 3 is 2.76 bits per heavy atom. The maximum Gasteiger partial charge on any atom is 0.405 e. The molecule has 8 heteroatoms. The number of hydrogen-bond acceptors (Lipinski definition) is 4. The van der Waals surface area contributed by atoms with Crippen molar-refractivity contribution in [2.75, 3.05) is 6.54 Å². The Labute approximate surface area is 123 Å². The highest BCUT2D eigenvalue weighted by Crippen LogP contribution is 2.19. The van der Waals surface area contributed by atoms with Crippen molar-refractivity contribution in [3.05, 3.63) is 41.3 Å². The zero-order valence-electron chi connectivity index (χ0n) is 10.6. The van der Waals surface area contributed by atoms with Crippen molar-refractivity contribution in [1.29, 1.82) is 5.41 Å². The topological polar surface area (TPSA) is 61.7 Å². The molecule has 0 saturated heterocycles. The summed E-state index contributed by atoms with van der Waals surface area (Å²) in [6, 6.07) is 4.89. The minimum atomic E-state index is -4.32. The van der Waals surface area contributed by atoms with Crippen LogP contribution < -0.4 is 5.32 Å². The first kappa shape index (κ1) is 15.2. The van der Waals surface area contributed by atoms with Crippen molar-refractivity contribution in [3.8, 4) is 0 Å². The predicted molar refractivity (Wildman–Crippen MR) is 75.4 cm³/mol. The Morgan fingerprint density at radius 1 is 1.33 bits per heavy atom. The van der Waals surface area contributed by atoms with Crippen LogP contribution in [-0.2, 0) is 0 Å². The van der Waals surface area contributed by atoms with Gasteiger partial charge < -0.3 is 10.7 Å². The summed E-state index contributed by atoms with van der Waals surface area (Å²) in [6.45, 7) is -1.17. The molecule has 2 rings (SSSR count). The van der Waals surface area contributed by atoms with Crippen LogP contribution in [0.25, 0.3) is 16.6 Å². The number of halogens is 4. The molecule has 0 aromatic carbocycles. The lowest BCUT2D eigenvalue weighted by atomic mass is 10.1. The van der Waals surface area contributed by atoms with Gasteiger partial charge in [0.1, 0.15) is 11.7 Å². The second-order valence-corrected chi connectivity index (χ2v) is 4.52. The Morgan fingerprint density at radius 2 is 2.10 bits per heavy atom. The molecule has 0 bridgehead atoms. The lowest BCUT2D eigenvalue weighted by molar-refractivity contribution is -0.122. The largest absolute Gasteiger partial charge is 0.405 e. The molecule has 21 heavy (non-hydrogen) atoms. The number of aromatic nitrogens is 2. The summed E-state index contributed by atoms with van der Waals surface area (Å²) in [5, 5.41) is 9.70. The number of hydrogen-bond donors (Lipinski definition) is 2. The van der Waals surface area contributed by atoms with Gasteiger partial charge in [-0.05, 0) is 18.2 Å². The molecule has 0 spiro atoms. The van der Waals surface area contributed by atoms with E-state index in [2.05, 4.69) is 15.3 Å². The highest BCUT2D eigenvalue weighted by atomic mass is 35.5. The van der Waals surface area contributed by atoms with Crippen molar-refractivity contribution in [2.24, 2.45) is 0 Å². The number of rotatable bonds is 4. The van der Waals surface area contributed by atoms with Gasteiger partial charge in [0.2, 0.25) is 0 Å². The molecule has 0 aliphatic rings. The van der Waals surface area contributed by atoms with Gasteiger partial charge in [0.15, 0.2) is 0 Å². The summed E-state index contributed by atoms with van der Waals surface area (Å²) in [5.41, 5.74) is 1.84. The normalized spacial score (nSPS) is 12.5. The zero-order chi connectivity index (χ0) is 15.5. The Hall–Kier alpha value is -2.15. The van der Waals surface area contributed by atoms with E-state index in [1.165, 1.54) is 6.20 Å². The van der Waals surface area contributed by atoms with E-state index in [0.717, 1.165) is 12.4 Å². The molecule has 0 radical (unpaired) electrons. The molecular formula is C13H10ClF3N4. The molecule has 110 valence electrons. The van der Waals surface area contributed by atoms with Gasteiger partial charge in [-0.25, -0.2) is 4.98 Å². The Bertz CT molecular complexity index is 697. The maximum atomic E-state index is 12.1. The molecule has 0 amide bonds. The van der Waals surface area contributed by atoms with E-state index < -0.39 is 12.7 Å². The van der Waals surface area contributed by atoms with E-state index in [1.807, 2.05) is 0 Å². The van der Waals surface area contributed by atoms with E-state index in [0.29, 0.717) is 16.6 Å². The summed E-state index contributed by atoms with van der Waals surface area (Å²) in [7, 11) is 0. The number of nitrogens with one attached hydrogen (secondary N) is 2. The van der Waals surface area contributed by atoms with Crippen LogP contribution >= 0.6 is 11.6 Å². The van der Waals surface area contributed by atoms with Crippen LogP contribution in [0.4, 0.5) is 13.2 Å². The van der Waals surface area contributed by atoms with Gasteiger partial charge in [-0.15, -0.1) is 0 Å². The van der Waals surface area contributed by atoms with Crippen LogP contribution in [0.15, 0.2) is 30.6 Å². The minimum Gasteiger partial charge on any atom is -0.382 e. The van der Waals surface area contributed by atoms with Crippen molar-refractivity contribution >= 4 is 34.4 Å². The first-order valence-corrected chi connectivity index (χ1v) is 6.20. The molecule has 2 heterocycles. The molecule has 0 unspecified atom stereocenters. The fourth-order valence-electron chi connectivity index (χ4n) is 1.62. The van der Waals surface area contributed by atoms with Crippen molar-refractivity contribution in [3.63, 3.8) is 0 Å². The van der Waals surface area contributed by atoms with Gasteiger partial charge in [-0.2, -0.15) is 13.2 Å². The van der Waals surface area contributed by atoms with E-state index in [9.17, 15) is 13.2 Å². The third kappa shape index (κ3) is 4.16. The smallest absolute Gasteiger partial charge is 0.382 e. The minimum absolute atomic E-state index is 0.260. The molecule has 0 fully saturated rings. The summed E-state index contributed by atoms with van der Waals surface area (Å²) >= 11 is 5.78. The van der Waals surface area contributed by atoms with E-state index in [1.54, 1.807) is 18.2 Å². The number of pyridine rings is 2. The van der Waals surface area contributed by atoms with E-state index in [4.69, 9.17) is 17.0 Å². The van der Waals surface area contributed by atoms with Gasteiger partial charge >= 0.3 is 6.18 Å². The lowest BCUT2D eigenvalue weighted by Gasteiger charge is -2.07. The molecule has 0 atom stereocenters. The molecule has 4 nitrogen and oxygen atoms in total. The number of allylic oxidation sites excluding steroid dienone is 1. The third-order valence-corrected chi connectivity index (χ3v) is 2.76. The first-order chi connectivity index (χ1) is 9.89. The summed E-state index contributed by atoms with van der Waals surface area (Å²) < 4.78 is 36.2. The molecule has 0 saturated carbocycles. The average Bonchev–Trinajstić information content (AvgIpc) is 2.41. The summed E-state index contributed by atoms with van der Waals surface area (Å²) in [4.78, 5) is 8.21. The Kier molecular flexibility index (Phi) is 4.42. The van der Waals surface area contributed by atoms with Crippen LogP contribution in [0, 0.1) is 5.41 Å². The maximum absolute atomic E-state index is 12.1. The van der Waals surface area contributed by atoms with Crippen LogP contribution in [0.5, 0.6) is 0 Å². The SMILES string of the molecule is N=C/C(=C\NCC(F)(F)F)c1cnc2ccc(Cl)nc2c1. The van der Waals surface area contributed by atoms with Crippen molar-refractivity contribution < 1.29 is 13.2 Å². The van der Waals surface area contributed by atoms with Gasteiger partial charge in [0.05, 0.1) is 11.0 Å². The van der Waals surface area contributed by atoms with Crippen LogP contribution in [-0.4, -0.2) is 28.9 Å². The molecule has 0 aliphatic carbocycles. The van der Waals surface area contributed by atoms with Crippen molar-refractivity contribution in [2.45, 2.75) is 6.18 Å². The fourth-order valence-corrected chi connectivity index (χ4v) is 1.78. The molecular weight excluding hydrogens is 305 g/mol. The molecule has 2 N–H and O–H groups in total. The van der Waals surface area contributed by atoms with Gasteiger partial charge in [0.25, 0.3) is 0 Å². The summed E-state index contributed by atoms with van der Waals surface area (Å²) in [6.07, 6.45) is -0.797. The average molecular weight is 315 g/mol. The lowest BCUT2D eigenvalue weighted by Crippen LogP contribution is -2.25. The Balaban J connectivity index is 2.29. The predicted octanol–water partition coefficient (Wildman–Crippen LogP) is 3.43. The molecule has 0 aliphatic heterocycles. The highest BCUT2D eigenvalue weighted by Gasteiger charge is 2.25. The quantitative estimate of drug-likeness (QED) is 0.671. The molecule has 2 aromatic rings. The third-order valence-electron chi connectivity index (χ3n) is 2.55. The first-order valence-electron chi connectivity index (χ1n) is 5.82.